The van der Waals surface area contributed by atoms with Crippen molar-refractivity contribution in [2.45, 2.75) is 6.92 Å². The van der Waals surface area contributed by atoms with Crippen LogP contribution in [0.2, 0.25) is 0 Å². The summed E-state index contributed by atoms with van der Waals surface area (Å²) in [6, 6.07) is 14.3. The molecule has 0 aliphatic carbocycles. The molecule has 1 unspecified atom stereocenters. The first-order chi connectivity index (χ1) is 15.9. The number of anilines is 5. The zero-order valence-corrected chi connectivity index (χ0v) is 18.3. The molecule has 0 fully saturated rings. The van der Waals surface area contributed by atoms with E-state index in [-0.39, 0.29) is 18.3 Å². The Balaban J connectivity index is 1.64. The molecule has 3 aromatic rings. The van der Waals surface area contributed by atoms with Gasteiger partial charge in [0.05, 0.1) is 18.7 Å². The summed E-state index contributed by atoms with van der Waals surface area (Å²) in [5, 5.41) is 18.0. The van der Waals surface area contributed by atoms with E-state index in [1.54, 1.807) is 62.6 Å². The van der Waals surface area contributed by atoms with Gasteiger partial charge in [-0.3, -0.25) is 4.79 Å². The predicted octanol–water partition coefficient (Wildman–Crippen LogP) is 4.26. The van der Waals surface area contributed by atoms with Gasteiger partial charge in [0, 0.05) is 30.7 Å². The lowest BCUT2D eigenvalue weighted by Gasteiger charge is -2.13. The van der Waals surface area contributed by atoms with Gasteiger partial charge in [-0.25, -0.2) is 9.37 Å². The third kappa shape index (κ3) is 7.32. The zero-order valence-electron chi connectivity index (χ0n) is 18.3. The van der Waals surface area contributed by atoms with Gasteiger partial charge in [0.15, 0.2) is 11.6 Å². The zero-order chi connectivity index (χ0) is 23.6. The number of rotatable bonds is 12. The normalized spacial score (nSPS) is 11.5. The standard InChI is InChI=1S/C23H26FN5O4/c1-15(22(30)31)13-25-17-4-3-5-18(12-17)27-21-20(24)14-26-23(29-21)28-16-6-8-19(9-7-16)33-11-10-32-2/h3-9,12,14-15,25H,10-11,13H2,1-2H3,(H,30,31)(H2,26,27,28,29). The van der Waals surface area contributed by atoms with Crippen LogP contribution in [0.25, 0.3) is 0 Å². The number of carboxylic acids is 1. The van der Waals surface area contributed by atoms with Crippen molar-refractivity contribution in [1.82, 2.24) is 9.97 Å². The van der Waals surface area contributed by atoms with E-state index in [9.17, 15) is 9.18 Å². The molecule has 33 heavy (non-hydrogen) atoms. The SMILES string of the molecule is COCCOc1ccc(Nc2ncc(F)c(Nc3cccc(NCC(C)C(=O)O)c3)n2)cc1. The Morgan fingerprint density at radius 1 is 1.09 bits per heavy atom. The molecular formula is C23H26FN5O4. The first-order valence-corrected chi connectivity index (χ1v) is 10.3. The van der Waals surface area contributed by atoms with Gasteiger partial charge in [-0.15, -0.1) is 0 Å². The molecule has 2 aromatic carbocycles. The summed E-state index contributed by atoms with van der Waals surface area (Å²) in [6.45, 7) is 2.84. The molecule has 0 spiro atoms. The quantitative estimate of drug-likeness (QED) is 0.297. The molecule has 0 aliphatic rings. The summed E-state index contributed by atoms with van der Waals surface area (Å²) < 4.78 is 24.8. The van der Waals surface area contributed by atoms with E-state index in [0.29, 0.717) is 36.0 Å². The molecule has 1 aromatic heterocycles. The second-order valence-corrected chi connectivity index (χ2v) is 7.21. The number of ether oxygens (including phenoxy) is 2. The van der Waals surface area contributed by atoms with E-state index in [0.717, 1.165) is 6.20 Å². The van der Waals surface area contributed by atoms with Gasteiger partial charge in [-0.05, 0) is 42.5 Å². The Kier molecular flexibility index (Phi) is 8.36. The molecule has 1 atom stereocenters. The van der Waals surface area contributed by atoms with Crippen LogP contribution in [0, 0.1) is 11.7 Å². The molecule has 174 valence electrons. The van der Waals surface area contributed by atoms with Crippen molar-refractivity contribution in [3.8, 4) is 5.75 Å². The van der Waals surface area contributed by atoms with Gasteiger partial charge in [0.2, 0.25) is 5.95 Å². The molecule has 1 heterocycles. The van der Waals surface area contributed by atoms with Crippen molar-refractivity contribution in [1.29, 1.82) is 0 Å². The van der Waals surface area contributed by atoms with Gasteiger partial charge < -0.3 is 30.5 Å². The average molecular weight is 455 g/mol. The largest absolute Gasteiger partial charge is 0.491 e. The maximum absolute atomic E-state index is 14.3. The second-order valence-electron chi connectivity index (χ2n) is 7.21. The third-order valence-corrected chi connectivity index (χ3v) is 4.57. The van der Waals surface area contributed by atoms with Gasteiger partial charge in [0.1, 0.15) is 12.4 Å². The van der Waals surface area contributed by atoms with E-state index in [2.05, 4.69) is 25.9 Å². The highest BCUT2D eigenvalue weighted by Gasteiger charge is 2.11. The molecular weight excluding hydrogens is 429 g/mol. The number of carboxylic acid groups (broad SMARTS) is 1. The lowest BCUT2D eigenvalue weighted by Crippen LogP contribution is -2.19. The van der Waals surface area contributed by atoms with Crippen molar-refractivity contribution in [2.24, 2.45) is 5.92 Å². The van der Waals surface area contributed by atoms with Crippen molar-refractivity contribution in [2.75, 3.05) is 42.8 Å². The number of methoxy groups -OCH3 is 1. The van der Waals surface area contributed by atoms with Crippen LogP contribution >= 0.6 is 0 Å². The van der Waals surface area contributed by atoms with Crippen molar-refractivity contribution in [3.05, 3.63) is 60.5 Å². The Morgan fingerprint density at radius 2 is 1.85 bits per heavy atom. The molecule has 0 aliphatic heterocycles. The van der Waals surface area contributed by atoms with Crippen LogP contribution in [0.15, 0.2) is 54.7 Å². The highest BCUT2D eigenvalue weighted by Crippen LogP contribution is 2.23. The molecule has 4 N–H and O–H groups in total. The van der Waals surface area contributed by atoms with E-state index in [1.165, 1.54) is 0 Å². The molecule has 3 rings (SSSR count). The predicted molar refractivity (Wildman–Crippen MR) is 124 cm³/mol. The monoisotopic (exact) mass is 455 g/mol. The van der Waals surface area contributed by atoms with Crippen LogP contribution < -0.4 is 20.7 Å². The Bertz CT molecular complexity index is 1060. The minimum absolute atomic E-state index is 0.00285. The van der Waals surface area contributed by atoms with Gasteiger partial charge in [-0.2, -0.15) is 4.98 Å². The van der Waals surface area contributed by atoms with E-state index in [4.69, 9.17) is 14.6 Å². The third-order valence-electron chi connectivity index (χ3n) is 4.57. The van der Waals surface area contributed by atoms with Crippen molar-refractivity contribution < 1.29 is 23.8 Å². The minimum Gasteiger partial charge on any atom is -0.491 e. The second kappa shape index (κ2) is 11.6. The van der Waals surface area contributed by atoms with Crippen LogP contribution in [0.1, 0.15) is 6.92 Å². The average Bonchev–Trinajstić information content (AvgIpc) is 2.81. The summed E-state index contributed by atoms with van der Waals surface area (Å²) in [5.41, 5.74) is 2.00. The number of nitrogens with one attached hydrogen (secondary N) is 3. The first-order valence-electron chi connectivity index (χ1n) is 10.3. The van der Waals surface area contributed by atoms with Crippen LogP contribution in [0.5, 0.6) is 5.75 Å². The number of carbonyl (C=O) groups is 1. The van der Waals surface area contributed by atoms with E-state index in [1.807, 2.05) is 0 Å². The molecule has 0 bridgehead atoms. The number of nitrogens with zero attached hydrogens (tertiary/aromatic N) is 2. The number of halogens is 1. The Morgan fingerprint density at radius 3 is 2.58 bits per heavy atom. The van der Waals surface area contributed by atoms with Crippen molar-refractivity contribution >= 4 is 34.8 Å². The number of aliphatic carboxylic acids is 1. The van der Waals surface area contributed by atoms with Gasteiger partial charge >= 0.3 is 5.97 Å². The first kappa shape index (κ1) is 23.7. The summed E-state index contributed by atoms with van der Waals surface area (Å²) >= 11 is 0. The number of hydrogen-bond acceptors (Lipinski definition) is 8. The van der Waals surface area contributed by atoms with Crippen LogP contribution in [-0.4, -0.2) is 47.9 Å². The van der Waals surface area contributed by atoms with Gasteiger partial charge in [0.25, 0.3) is 0 Å². The van der Waals surface area contributed by atoms with Crippen LogP contribution in [-0.2, 0) is 9.53 Å². The smallest absolute Gasteiger partial charge is 0.308 e. The number of aromatic nitrogens is 2. The van der Waals surface area contributed by atoms with Crippen molar-refractivity contribution in [3.63, 3.8) is 0 Å². The number of hydrogen-bond donors (Lipinski definition) is 4. The highest BCUT2D eigenvalue weighted by atomic mass is 19.1. The Labute approximate surface area is 191 Å². The van der Waals surface area contributed by atoms with Crippen LogP contribution in [0.4, 0.5) is 33.2 Å². The molecule has 0 saturated carbocycles. The molecule has 10 heteroatoms. The molecule has 0 saturated heterocycles. The lowest BCUT2D eigenvalue weighted by atomic mass is 10.2. The van der Waals surface area contributed by atoms with E-state index >= 15 is 0 Å². The summed E-state index contributed by atoms with van der Waals surface area (Å²) in [5.74, 6) is -1.11. The maximum Gasteiger partial charge on any atom is 0.308 e. The summed E-state index contributed by atoms with van der Waals surface area (Å²) in [4.78, 5) is 19.2. The molecule has 9 nitrogen and oxygen atoms in total. The Hall–Kier alpha value is -3.92. The fourth-order valence-corrected chi connectivity index (χ4v) is 2.72. The summed E-state index contributed by atoms with van der Waals surface area (Å²) in [6.07, 6.45) is 1.08. The van der Waals surface area contributed by atoms with Gasteiger partial charge in [-0.1, -0.05) is 13.0 Å². The minimum atomic E-state index is -0.881. The van der Waals surface area contributed by atoms with Crippen LogP contribution in [0.3, 0.4) is 0 Å². The molecule has 0 radical (unpaired) electrons. The fourth-order valence-electron chi connectivity index (χ4n) is 2.72. The number of benzene rings is 2. The fraction of sp³-hybridized carbons (Fsp3) is 0.261. The summed E-state index contributed by atoms with van der Waals surface area (Å²) in [7, 11) is 1.61. The maximum atomic E-state index is 14.3. The highest BCUT2D eigenvalue weighted by molar-refractivity contribution is 5.70. The topological polar surface area (TPSA) is 118 Å². The van der Waals surface area contributed by atoms with E-state index < -0.39 is 17.7 Å². The lowest BCUT2D eigenvalue weighted by molar-refractivity contribution is -0.140. The molecule has 0 amide bonds.